The normalized spacial score (nSPS) is 11.0. The molecule has 0 aliphatic carbocycles. The third kappa shape index (κ3) is 4.13. The van der Waals surface area contributed by atoms with E-state index in [0.717, 1.165) is 18.2 Å². The SMILES string of the molecule is O=Cc1cc(CC(=O)O)ccc1OC(F)(F)F. The molecule has 7 heteroatoms. The van der Waals surface area contributed by atoms with E-state index in [1.54, 1.807) is 0 Å². The van der Waals surface area contributed by atoms with E-state index in [4.69, 9.17) is 5.11 Å². The molecule has 0 bridgehead atoms. The second-order valence-electron chi connectivity index (χ2n) is 3.11. The first-order valence-electron chi connectivity index (χ1n) is 4.37. The van der Waals surface area contributed by atoms with Gasteiger partial charge in [0.05, 0.1) is 12.0 Å². The zero-order chi connectivity index (χ0) is 13.1. The van der Waals surface area contributed by atoms with E-state index < -0.39 is 18.1 Å². The minimum Gasteiger partial charge on any atom is -0.481 e. The first-order valence-corrected chi connectivity index (χ1v) is 4.37. The smallest absolute Gasteiger partial charge is 0.481 e. The lowest BCUT2D eigenvalue weighted by Crippen LogP contribution is -2.18. The molecule has 0 spiro atoms. The van der Waals surface area contributed by atoms with Gasteiger partial charge in [0.2, 0.25) is 0 Å². The van der Waals surface area contributed by atoms with Crippen LogP contribution in [0.2, 0.25) is 0 Å². The van der Waals surface area contributed by atoms with E-state index >= 15 is 0 Å². The maximum atomic E-state index is 11.9. The van der Waals surface area contributed by atoms with Gasteiger partial charge in [0, 0.05) is 0 Å². The van der Waals surface area contributed by atoms with Crippen LogP contribution in [0.4, 0.5) is 13.2 Å². The minimum atomic E-state index is -4.90. The second kappa shape index (κ2) is 4.86. The van der Waals surface area contributed by atoms with Crippen LogP contribution in [0.5, 0.6) is 5.75 Å². The van der Waals surface area contributed by atoms with Crippen molar-refractivity contribution in [3.8, 4) is 5.75 Å². The van der Waals surface area contributed by atoms with Crippen LogP contribution in [0, 0.1) is 0 Å². The highest BCUT2D eigenvalue weighted by Crippen LogP contribution is 2.26. The maximum absolute atomic E-state index is 11.9. The van der Waals surface area contributed by atoms with Crippen molar-refractivity contribution in [1.82, 2.24) is 0 Å². The van der Waals surface area contributed by atoms with Gasteiger partial charge in [-0.2, -0.15) is 0 Å². The van der Waals surface area contributed by atoms with Crippen LogP contribution >= 0.6 is 0 Å². The van der Waals surface area contributed by atoms with Crippen LogP contribution < -0.4 is 4.74 Å². The average Bonchev–Trinajstić information content (AvgIpc) is 2.17. The van der Waals surface area contributed by atoms with E-state index in [1.807, 2.05) is 0 Å². The van der Waals surface area contributed by atoms with Gasteiger partial charge in [-0.1, -0.05) is 6.07 Å². The highest BCUT2D eigenvalue weighted by molar-refractivity contribution is 5.80. The third-order valence-electron chi connectivity index (χ3n) is 1.78. The Bertz CT molecular complexity index is 440. The Morgan fingerprint density at radius 3 is 2.53 bits per heavy atom. The summed E-state index contributed by atoms with van der Waals surface area (Å²) < 4.78 is 39.4. The van der Waals surface area contributed by atoms with E-state index in [0.29, 0.717) is 0 Å². The summed E-state index contributed by atoms with van der Waals surface area (Å²) >= 11 is 0. The maximum Gasteiger partial charge on any atom is 0.573 e. The number of hydrogen-bond acceptors (Lipinski definition) is 3. The molecule has 0 saturated heterocycles. The number of aliphatic carboxylic acids is 1. The Labute approximate surface area is 93.6 Å². The number of carboxylic acid groups (broad SMARTS) is 1. The van der Waals surface area contributed by atoms with Crippen LogP contribution in [-0.2, 0) is 11.2 Å². The molecule has 0 radical (unpaired) electrons. The summed E-state index contributed by atoms with van der Waals surface area (Å²) in [7, 11) is 0. The van der Waals surface area contributed by atoms with Crippen molar-refractivity contribution in [2.24, 2.45) is 0 Å². The molecule has 4 nitrogen and oxygen atoms in total. The highest BCUT2D eigenvalue weighted by atomic mass is 19.4. The molecule has 92 valence electrons. The molecule has 0 saturated carbocycles. The summed E-state index contributed by atoms with van der Waals surface area (Å²) in [6.45, 7) is 0. The monoisotopic (exact) mass is 248 g/mol. The van der Waals surface area contributed by atoms with Gasteiger partial charge in [-0.05, 0) is 17.7 Å². The Morgan fingerprint density at radius 2 is 2.06 bits per heavy atom. The molecule has 0 amide bonds. The quantitative estimate of drug-likeness (QED) is 0.828. The summed E-state index contributed by atoms with van der Waals surface area (Å²) in [5.74, 6) is -1.80. The van der Waals surface area contributed by atoms with Crippen molar-refractivity contribution in [1.29, 1.82) is 0 Å². The van der Waals surface area contributed by atoms with Crippen molar-refractivity contribution in [3.05, 3.63) is 29.3 Å². The number of hydrogen-bond donors (Lipinski definition) is 1. The van der Waals surface area contributed by atoms with Crippen LogP contribution in [-0.4, -0.2) is 23.7 Å². The van der Waals surface area contributed by atoms with Gasteiger partial charge in [-0.15, -0.1) is 13.2 Å². The molecule has 0 aliphatic rings. The molecule has 1 aromatic rings. The van der Waals surface area contributed by atoms with Crippen LogP contribution in [0.25, 0.3) is 0 Å². The predicted molar refractivity (Wildman–Crippen MR) is 49.9 cm³/mol. The fraction of sp³-hybridized carbons (Fsp3) is 0.200. The topological polar surface area (TPSA) is 63.6 Å². The molecular weight excluding hydrogens is 241 g/mol. The lowest BCUT2D eigenvalue weighted by molar-refractivity contribution is -0.274. The number of aldehydes is 1. The number of halogens is 3. The lowest BCUT2D eigenvalue weighted by Gasteiger charge is -2.11. The highest BCUT2D eigenvalue weighted by Gasteiger charge is 2.32. The number of benzene rings is 1. The second-order valence-corrected chi connectivity index (χ2v) is 3.11. The summed E-state index contributed by atoms with van der Waals surface area (Å²) in [6.07, 6.45) is -5.11. The molecule has 0 aromatic heterocycles. The summed E-state index contributed by atoms with van der Waals surface area (Å²) in [4.78, 5) is 20.9. The van der Waals surface area contributed by atoms with Gasteiger partial charge in [0.1, 0.15) is 5.75 Å². The van der Waals surface area contributed by atoms with E-state index in [-0.39, 0.29) is 23.8 Å². The van der Waals surface area contributed by atoms with Gasteiger partial charge in [0.25, 0.3) is 0 Å². The Balaban J connectivity index is 3.01. The molecule has 0 atom stereocenters. The third-order valence-corrected chi connectivity index (χ3v) is 1.78. The lowest BCUT2D eigenvalue weighted by atomic mass is 10.1. The van der Waals surface area contributed by atoms with Crippen molar-refractivity contribution in [2.45, 2.75) is 12.8 Å². The number of carbonyl (C=O) groups excluding carboxylic acids is 1. The van der Waals surface area contributed by atoms with Crippen LogP contribution in [0.1, 0.15) is 15.9 Å². The minimum absolute atomic E-state index is 0.173. The van der Waals surface area contributed by atoms with E-state index in [1.165, 1.54) is 0 Å². The van der Waals surface area contributed by atoms with Gasteiger partial charge in [-0.3, -0.25) is 9.59 Å². The summed E-state index contributed by atoms with van der Waals surface area (Å²) in [5, 5.41) is 8.49. The Morgan fingerprint density at radius 1 is 1.41 bits per heavy atom. The van der Waals surface area contributed by atoms with Crippen molar-refractivity contribution < 1.29 is 32.6 Å². The molecule has 1 N–H and O–H groups in total. The fourth-order valence-corrected chi connectivity index (χ4v) is 1.19. The number of carbonyl (C=O) groups is 2. The number of alkyl halides is 3. The largest absolute Gasteiger partial charge is 0.573 e. The van der Waals surface area contributed by atoms with E-state index in [9.17, 15) is 22.8 Å². The molecule has 0 unspecified atom stereocenters. The van der Waals surface area contributed by atoms with Gasteiger partial charge < -0.3 is 9.84 Å². The van der Waals surface area contributed by atoms with Gasteiger partial charge in [0.15, 0.2) is 6.29 Å². The van der Waals surface area contributed by atoms with E-state index in [2.05, 4.69) is 4.74 Å². The predicted octanol–water partition coefficient (Wildman–Crippen LogP) is 2.02. The van der Waals surface area contributed by atoms with Crippen molar-refractivity contribution in [2.75, 3.05) is 0 Å². The van der Waals surface area contributed by atoms with Crippen molar-refractivity contribution >= 4 is 12.3 Å². The van der Waals surface area contributed by atoms with Crippen molar-refractivity contribution in [3.63, 3.8) is 0 Å². The molecule has 17 heavy (non-hydrogen) atoms. The van der Waals surface area contributed by atoms with Gasteiger partial charge >= 0.3 is 12.3 Å². The summed E-state index contributed by atoms with van der Waals surface area (Å²) in [6, 6.07) is 3.11. The number of rotatable bonds is 4. The first kappa shape index (κ1) is 13.0. The zero-order valence-corrected chi connectivity index (χ0v) is 8.32. The first-order chi connectivity index (χ1) is 7.81. The van der Waals surface area contributed by atoms with Crippen LogP contribution in [0.3, 0.4) is 0 Å². The molecule has 1 aromatic carbocycles. The molecule has 1 rings (SSSR count). The van der Waals surface area contributed by atoms with Crippen LogP contribution in [0.15, 0.2) is 18.2 Å². The standard InChI is InChI=1S/C10H7F3O4/c11-10(12,13)17-8-2-1-6(4-9(15)16)3-7(8)5-14/h1-3,5H,4H2,(H,15,16). The molecule has 0 aliphatic heterocycles. The number of carboxylic acids is 1. The molecular formula is C10H7F3O4. The average molecular weight is 248 g/mol. The number of ether oxygens (including phenoxy) is 1. The van der Waals surface area contributed by atoms with Gasteiger partial charge in [-0.25, -0.2) is 0 Å². The molecule has 0 fully saturated rings. The fourth-order valence-electron chi connectivity index (χ4n) is 1.19. The summed E-state index contributed by atoms with van der Waals surface area (Å²) in [5.41, 5.74) is -0.129. The Hall–Kier alpha value is -2.05. The Kier molecular flexibility index (Phi) is 3.72. The molecule has 0 heterocycles. The zero-order valence-electron chi connectivity index (χ0n) is 8.32.